The van der Waals surface area contributed by atoms with Gasteiger partial charge < -0.3 is 19.5 Å². The van der Waals surface area contributed by atoms with Crippen molar-refractivity contribution in [1.82, 2.24) is 25.0 Å². The third-order valence-electron chi connectivity index (χ3n) is 4.58. The Morgan fingerprint density at radius 1 is 1.42 bits per heavy atom. The van der Waals surface area contributed by atoms with Crippen molar-refractivity contribution in [3.63, 3.8) is 0 Å². The fourth-order valence-corrected chi connectivity index (χ4v) is 3.06. The van der Waals surface area contributed by atoms with Gasteiger partial charge >= 0.3 is 5.97 Å². The van der Waals surface area contributed by atoms with E-state index in [-0.39, 0.29) is 11.9 Å². The summed E-state index contributed by atoms with van der Waals surface area (Å²) in [7, 11) is 1.46. The Morgan fingerprint density at radius 3 is 2.77 bits per heavy atom. The molecule has 26 heavy (non-hydrogen) atoms. The topological polar surface area (TPSA) is 84.6 Å². The van der Waals surface area contributed by atoms with Crippen LogP contribution in [0.5, 0.6) is 0 Å². The molecule has 1 saturated heterocycles. The maximum atomic E-state index is 11.7. The maximum absolute atomic E-state index is 11.7. The first-order valence-corrected chi connectivity index (χ1v) is 9.52. The zero-order valence-corrected chi connectivity index (χ0v) is 16.4. The van der Waals surface area contributed by atoms with Crippen LogP contribution in [0.4, 0.5) is 0 Å². The van der Waals surface area contributed by atoms with Crippen molar-refractivity contribution >= 4 is 11.9 Å². The van der Waals surface area contributed by atoms with Crippen molar-refractivity contribution in [1.29, 1.82) is 0 Å². The van der Waals surface area contributed by atoms with Crippen LogP contribution in [-0.4, -0.2) is 64.9 Å². The fraction of sp³-hybridized carbons (Fsp3) is 0.778. The van der Waals surface area contributed by atoms with E-state index in [4.69, 9.17) is 9.73 Å². The summed E-state index contributed by atoms with van der Waals surface area (Å²) in [5.41, 5.74) is 0. The van der Waals surface area contributed by atoms with Gasteiger partial charge in [-0.15, -0.1) is 10.2 Å². The average molecular weight is 364 g/mol. The molecule has 146 valence electrons. The normalized spacial score (nSPS) is 16.2. The zero-order chi connectivity index (χ0) is 18.9. The molecule has 8 heteroatoms. The van der Waals surface area contributed by atoms with E-state index >= 15 is 0 Å². The Kier molecular flexibility index (Phi) is 7.87. The van der Waals surface area contributed by atoms with Crippen LogP contribution in [-0.2, 0) is 22.5 Å². The van der Waals surface area contributed by atoms with Gasteiger partial charge in [-0.05, 0) is 18.8 Å². The molecule has 2 heterocycles. The Morgan fingerprint density at radius 2 is 2.15 bits per heavy atom. The molecule has 1 N–H and O–H groups in total. The van der Waals surface area contributed by atoms with Crippen molar-refractivity contribution in [2.24, 2.45) is 16.8 Å². The Hall–Kier alpha value is -2.12. The highest BCUT2D eigenvalue weighted by atomic mass is 16.5. The van der Waals surface area contributed by atoms with Gasteiger partial charge in [0.2, 0.25) is 0 Å². The number of carbonyl (C=O) groups is 1. The third kappa shape index (κ3) is 5.71. The third-order valence-corrected chi connectivity index (χ3v) is 4.58. The number of ether oxygens (including phenoxy) is 1. The quantitative estimate of drug-likeness (QED) is 0.446. The predicted molar refractivity (Wildman–Crippen MR) is 101 cm³/mol. The van der Waals surface area contributed by atoms with Crippen molar-refractivity contribution in [2.75, 3.05) is 33.3 Å². The highest BCUT2D eigenvalue weighted by molar-refractivity contribution is 5.80. The van der Waals surface area contributed by atoms with E-state index < -0.39 is 0 Å². The van der Waals surface area contributed by atoms with E-state index in [1.165, 1.54) is 7.11 Å². The number of hydrogen-bond donors (Lipinski definition) is 1. The number of guanidine groups is 1. The van der Waals surface area contributed by atoms with Crippen molar-refractivity contribution in [2.45, 2.75) is 46.6 Å². The van der Waals surface area contributed by atoms with Crippen LogP contribution in [0.3, 0.4) is 0 Å². The van der Waals surface area contributed by atoms with E-state index in [1.54, 1.807) is 6.33 Å². The molecule has 0 aliphatic carbocycles. The van der Waals surface area contributed by atoms with Crippen LogP contribution in [0.15, 0.2) is 11.3 Å². The summed E-state index contributed by atoms with van der Waals surface area (Å²) in [6.07, 6.45) is 4.25. The van der Waals surface area contributed by atoms with Crippen molar-refractivity contribution in [3.05, 3.63) is 12.2 Å². The molecule has 0 bridgehead atoms. The second-order valence-corrected chi connectivity index (χ2v) is 7.06. The number of rotatable bonds is 7. The summed E-state index contributed by atoms with van der Waals surface area (Å²) in [5.74, 6) is 2.33. The number of nitrogens with one attached hydrogen (secondary N) is 1. The number of methoxy groups -OCH3 is 1. The molecule has 1 fully saturated rings. The fourth-order valence-electron chi connectivity index (χ4n) is 3.06. The molecule has 1 aromatic heterocycles. The van der Waals surface area contributed by atoms with Gasteiger partial charge in [0, 0.05) is 39.1 Å². The summed E-state index contributed by atoms with van der Waals surface area (Å²) < 4.78 is 6.94. The molecule has 2 rings (SSSR count). The summed E-state index contributed by atoms with van der Waals surface area (Å²) in [6, 6.07) is 0. The number of nitrogens with zero attached hydrogens (tertiary/aromatic N) is 5. The van der Waals surface area contributed by atoms with Crippen LogP contribution in [0.2, 0.25) is 0 Å². The number of carbonyl (C=O) groups excluding carboxylic acids is 1. The number of aromatic nitrogens is 3. The zero-order valence-electron chi connectivity index (χ0n) is 16.4. The van der Waals surface area contributed by atoms with E-state index in [0.717, 1.165) is 63.8 Å². The highest BCUT2D eigenvalue weighted by Gasteiger charge is 2.27. The Bertz CT molecular complexity index is 590. The first kappa shape index (κ1) is 20.2. The van der Waals surface area contributed by atoms with Crippen LogP contribution in [0.25, 0.3) is 0 Å². The number of aliphatic imine (C=N–C) groups is 1. The lowest BCUT2D eigenvalue weighted by Gasteiger charge is -2.33. The molecule has 1 aliphatic rings. The molecule has 0 atom stereocenters. The number of piperidine rings is 1. The van der Waals surface area contributed by atoms with Gasteiger partial charge in [-0.3, -0.25) is 9.79 Å². The van der Waals surface area contributed by atoms with E-state index in [1.807, 2.05) is 0 Å². The monoisotopic (exact) mass is 364 g/mol. The predicted octanol–water partition coefficient (Wildman–Crippen LogP) is 1.33. The summed E-state index contributed by atoms with van der Waals surface area (Å²) in [5, 5.41) is 11.6. The second-order valence-electron chi connectivity index (χ2n) is 7.06. The Balaban J connectivity index is 1.92. The minimum atomic E-state index is -0.0991. The lowest BCUT2D eigenvalue weighted by Crippen LogP contribution is -2.47. The van der Waals surface area contributed by atoms with E-state index in [2.05, 4.69) is 45.8 Å². The first-order chi connectivity index (χ1) is 12.5. The molecular formula is C18H32N6O2. The molecule has 0 radical (unpaired) electrons. The molecule has 8 nitrogen and oxygen atoms in total. The van der Waals surface area contributed by atoms with Crippen molar-refractivity contribution in [3.8, 4) is 0 Å². The first-order valence-electron chi connectivity index (χ1n) is 9.52. The molecular weight excluding hydrogens is 332 g/mol. The number of aryl methyl sites for hydroxylation is 1. The summed E-state index contributed by atoms with van der Waals surface area (Å²) in [4.78, 5) is 18.7. The van der Waals surface area contributed by atoms with Crippen LogP contribution in [0.1, 0.15) is 39.4 Å². The number of hydrogen-bond acceptors (Lipinski definition) is 5. The van der Waals surface area contributed by atoms with E-state index in [0.29, 0.717) is 5.92 Å². The lowest BCUT2D eigenvalue weighted by atomic mass is 9.97. The summed E-state index contributed by atoms with van der Waals surface area (Å²) in [6.45, 7) is 10.4. The van der Waals surface area contributed by atoms with Gasteiger partial charge in [-0.1, -0.05) is 20.8 Å². The van der Waals surface area contributed by atoms with Crippen molar-refractivity contribution < 1.29 is 9.53 Å². The number of esters is 1. The van der Waals surface area contributed by atoms with Gasteiger partial charge in [0.1, 0.15) is 12.2 Å². The van der Waals surface area contributed by atoms with E-state index in [9.17, 15) is 4.79 Å². The Labute approximate surface area is 156 Å². The largest absolute Gasteiger partial charge is 0.469 e. The molecule has 1 aromatic rings. The minimum absolute atomic E-state index is 0.00624. The molecule has 0 unspecified atom stereocenters. The molecule has 0 spiro atoms. The smallest absolute Gasteiger partial charge is 0.308 e. The summed E-state index contributed by atoms with van der Waals surface area (Å²) >= 11 is 0. The molecule has 1 aliphatic heterocycles. The number of likely N-dealkylation sites (tertiary alicyclic amines) is 1. The molecule has 0 amide bonds. The molecule has 0 aromatic carbocycles. The van der Waals surface area contributed by atoms with Crippen LogP contribution < -0.4 is 5.32 Å². The van der Waals surface area contributed by atoms with Gasteiger partial charge in [0.05, 0.1) is 13.0 Å². The van der Waals surface area contributed by atoms with Gasteiger partial charge in [0.25, 0.3) is 0 Å². The van der Waals surface area contributed by atoms with Crippen LogP contribution >= 0.6 is 0 Å². The average Bonchev–Trinajstić information content (AvgIpc) is 3.11. The second kappa shape index (κ2) is 10.1. The van der Waals surface area contributed by atoms with Crippen LogP contribution in [0, 0.1) is 11.8 Å². The minimum Gasteiger partial charge on any atom is -0.469 e. The van der Waals surface area contributed by atoms with Gasteiger partial charge in [-0.2, -0.15) is 0 Å². The van der Waals surface area contributed by atoms with Gasteiger partial charge in [0.15, 0.2) is 5.96 Å². The molecule has 0 saturated carbocycles. The standard InChI is InChI=1S/C18H32N6O2/c1-5-16-22-21-13-24(16)11-8-19-18(20-12-14(2)3)23-9-6-15(7-10-23)17(25)26-4/h13-15H,5-12H2,1-4H3,(H,19,20). The SMILES string of the molecule is CCc1nncn1CCNC(=NCC(C)C)N1CCC(C(=O)OC)CC1. The highest BCUT2D eigenvalue weighted by Crippen LogP contribution is 2.18. The van der Waals surface area contributed by atoms with Gasteiger partial charge in [-0.25, -0.2) is 0 Å². The lowest BCUT2D eigenvalue weighted by molar-refractivity contribution is -0.146. The maximum Gasteiger partial charge on any atom is 0.308 e.